The summed E-state index contributed by atoms with van der Waals surface area (Å²) in [6.45, 7) is 4.15. The van der Waals surface area contributed by atoms with Crippen molar-refractivity contribution in [3.63, 3.8) is 0 Å². The van der Waals surface area contributed by atoms with Gasteiger partial charge in [-0.3, -0.25) is 0 Å². The highest BCUT2D eigenvalue weighted by atomic mass is 35.5. The van der Waals surface area contributed by atoms with E-state index in [2.05, 4.69) is 18.3 Å². The molecule has 1 aromatic heterocycles. The van der Waals surface area contributed by atoms with Crippen LogP contribution in [0.25, 0.3) is 0 Å². The van der Waals surface area contributed by atoms with Crippen LogP contribution in [0.4, 0.5) is 0 Å². The van der Waals surface area contributed by atoms with Crippen molar-refractivity contribution in [2.45, 2.75) is 25.7 Å². The van der Waals surface area contributed by atoms with Crippen molar-refractivity contribution in [2.24, 2.45) is 0 Å². The Morgan fingerprint density at radius 2 is 2.16 bits per heavy atom. The van der Waals surface area contributed by atoms with Gasteiger partial charge in [-0.05, 0) is 42.8 Å². The van der Waals surface area contributed by atoms with E-state index < -0.39 is 0 Å². The van der Waals surface area contributed by atoms with E-state index in [1.54, 1.807) is 6.26 Å². The molecule has 2 aromatic rings. The minimum atomic E-state index is 0.386. The number of benzene rings is 1. The fraction of sp³-hybridized carbons (Fsp3) is 0.375. The van der Waals surface area contributed by atoms with Crippen LogP contribution in [-0.2, 0) is 6.42 Å². The quantitative estimate of drug-likeness (QED) is 0.765. The molecule has 1 N–H and O–H groups in total. The molecule has 0 aliphatic rings. The predicted molar refractivity (Wildman–Crippen MR) is 79.8 cm³/mol. The van der Waals surface area contributed by atoms with Crippen molar-refractivity contribution in [3.05, 3.63) is 59.0 Å². The Bertz CT molecular complexity index is 481. The molecule has 1 unspecified atom stereocenters. The van der Waals surface area contributed by atoms with Gasteiger partial charge in [-0.25, -0.2) is 0 Å². The van der Waals surface area contributed by atoms with Crippen molar-refractivity contribution in [1.82, 2.24) is 5.32 Å². The lowest BCUT2D eigenvalue weighted by Crippen LogP contribution is -2.23. The highest BCUT2D eigenvalue weighted by Crippen LogP contribution is 2.23. The molecule has 1 heterocycles. The first kappa shape index (κ1) is 14.2. The van der Waals surface area contributed by atoms with E-state index in [0.29, 0.717) is 5.92 Å². The summed E-state index contributed by atoms with van der Waals surface area (Å²) in [5, 5.41) is 4.27. The summed E-state index contributed by atoms with van der Waals surface area (Å²) in [6.07, 6.45) is 3.76. The van der Waals surface area contributed by atoms with Gasteiger partial charge >= 0.3 is 0 Å². The zero-order chi connectivity index (χ0) is 13.5. The highest BCUT2D eigenvalue weighted by molar-refractivity contribution is 6.30. The summed E-state index contributed by atoms with van der Waals surface area (Å²) in [7, 11) is 0. The minimum absolute atomic E-state index is 0.386. The van der Waals surface area contributed by atoms with Crippen LogP contribution >= 0.6 is 11.6 Å². The molecule has 2 nitrogen and oxygen atoms in total. The topological polar surface area (TPSA) is 25.2 Å². The van der Waals surface area contributed by atoms with Crippen LogP contribution in [0.15, 0.2) is 47.1 Å². The van der Waals surface area contributed by atoms with E-state index >= 15 is 0 Å². The van der Waals surface area contributed by atoms with Crippen LogP contribution in [0, 0.1) is 0 Å². The van der Waals surface area contributed by atoms with Gasteiger partial charge in [-0.15, -0.1) is 0 Å². The molecule has 2 rings (SSSR count). The number of hydrogen-bond donors (Lipinski definition) is 1. The van der Waals surface area contributed by atoms with Crippen LogP contribution in [0.5, 0.6) is 0 Å². The summed E-state index contributed by atoms with van der Waals surface area (Å²) in [6, 6.07) is 12.1. The Morgan fingerprint density at radius 3 is 2.84 bits per heavy atom. The molecule has 102 valence electrons. The van der Waals surface area contributed by atoms with Gasteiger partial charge in [0.2, 0.25) is 0 Å². The number of halogens is 1. The Kier molecular flexibility index (Phi) is 5.49. The molecule has 0 spiro atoms. The van der Waals surface area contributed by atoms with Crippen LogP contribution < -0.4 is 5.32 Å². The zero-order valence-electron chi connectivity index (χ0n) is 11.2. The van der Waals surface area contributed by atoms with E-state index in [1.807, 2.05) is 30.3 Å². The summed E-state index contributed by atoms with van der Waals surface area (Å²) in [5.41, 5.74) is 1.26. The second-order valence-corrected chi connectivity index (χ2v) is 5.18. The molecule has 0 saturated heterocycles. The first-order chi connectivity index (χ1) is 9.29. The summed E-state index contributed by atoms with van der Waals surface area (Å²) in [4.78, 5) is 0. The molecule has 0 saturated carbocycles. The van der Waals surface area contributed by atoms with Crippen LogP contribution in [0.2, 0.25) is 5.02 Å². The van der Waals surface area contributed by atoms with Gasteiger partial charge < -0.3 is 9.73 Å². The third kappa shape index (κ3) is 4.41. The van der Waals surface area contributed by atoms with Crippen LogP contribution in [-0.4, -0.2) is 13.1 Å². The maximum atomic E-state index is 6.09. The largest absolute Gasteiger partial charge is 0.469 e. The van der Waals surface area contributed by atoms with Crippen molar-refractivity contribution in [1.29, 1.82) is 0 Å². The van der Waals surface area contributed by atoms with E-state index in [-0.39, 0.29) is 0 Å². The Morgan fingerprint density at radius 1 is 1.26 bits per heavy atom. The molecule has 1 atom stereocenters. The average molecular weight is 278 g/mol. The van der Waals surface area contributed by atoms with Gasteiger partial charge in [0.15, 0.2) is 0 Å². The second-order valence-electron chi connectivity index (χ2n) is 4.74. The van der Waals surface area contributed by atoms with E-state index in [4.69, 9.17) is 16.0 Å². The lowest BCUT2D eigenvalue weighted by molar-refractivity contribution is 0.473. The van der Waals surface area contributed by atoms with Crippen LogP contribution in [0.3, 0.4) is 0 Å². The molecule has 1 aromatic carbocycles. The van der Waals surface area contributed by atoms with Crippen LogP contribution in [0.1, 0.15) is 30.6 Å². The first-order valence-corrected chi connectivity index (χ1v) is 7.16. The van der Waals surface area contributed by atoms with Gasteiger partial charge in [-0.1, -0.05) is 30.7 Å². The SMILES string of the molecule is CCCNCC(Cc1ccco1)c1cccc(Cl)c1. The molecular weight excluding hydrogens is 258 g/mol. The number of nitrogens with one attached hydrogen (secondary N) is 1. The van der Waals surface area contributed by atoms with Gasteiger partial charge in [0, 0.05) is 23.9 Å². The van der Waals surface area contributed by atoms with Gasteiger partial charge in [0.25, 0.3) is 0 Å². The maximum absolute atomic E-state index is 6.09. The smallest absolute Gasteiger partial charge is 0.104 e. The lowest BCUT2D eigenvalue weighted by atomic mass is 9.94. The molecule has 0 aliphatic heterocycles. The number of furan rings is 1. The van der Waals surface area contributed by atoms with Crippen molar-refractivity contribution in [3.8, 4) is 0 Å². The Hall–Kier alpha value is -1.25. The molecule has 19 heavy (non-hydrogen) atoms. The molecule has 3 heteroatoms. The molecule has 0 amide bonds. The summed E-state index contributed by atoms with van der Waals surface area (Å²) < 4.78 is 5.46. The molecule has 0 fully saturated rings. The zero-order valence-corrected chi connectivity index (χ0v) is 12.0. The van der Waals surface area contributed by atoms with E-state index in [0.717, 1.165) is 36.7 Å². The summed E-state index contributed by atoms with van der Waals surface area (Å²) in [5.74, 6) is 1.40. The maximum Gasteiger partial charge on any atom is 0.104 e. The van der Waals surface area contributed by atoms with E-state index in [1.165, 1.54) is 5.56 Å². The fourth-order valence-electron chi connectivity index (χ4n) is 2.19. The predicted octanol–water partition coefficient (Wildman–Crippen LogP) is 4.26. The minimum Gasteiger partial charge on any atom is -0.469 e. The fourth-order valence-corrected chi connectivity index (χ4v) is 2.39. The van der Waals surface area contributed by atoms with Gasteiger partial charge in [0.05, 0.1) is 6.26 Å². The first-order valence-electron chi connectivity index (χ1n) is 6.78. The van der Waals surface area contributed by atoms with Gasteiger partial charge in [0.1, 0.15) is 5.76 Å². The molecular formula is C16H20ClNO. The van der Waals surface area contributed by atoms with Crippen molar-refractivity contribution >= 4 is 11.6 Å². The number of hydrogen-bond acceptors (Lipinski definition) is 2. The summed E-state index contributed by atoms with van der Waals surface area (Å²) >= 11 is 6.09. The molecule has 0 aliphatic carbocycles. The third-order valence-electron chi connectivity index (χ3n) is 3.17. The molecule has 0 radical (unpaired) electrons. The Labute approximate surface area is 119 Å². The van der Waals surface area contributed by atoms with E-state index in [9.17, 15) is 0 Å². The normalized spacial score (nSPS) is 12.5. The molecule has 0 bridgehead atoms. The number of rotatable bonds is 7. The second kappa shape index (κ2) is 7.37. The standard InChI is InChI=1S/C16H20ClNO/c1-2-8-18-12-14(11-16-7-4-9-19-16)13-5-3-6-15(17)10-13/h3-7,9-10,14,18H,2,8,11-12H2,1H3. The highest BCUT2D eigenvalue weighted by Gasteiger charge is 2.14. The van der Waals surface area contributed by atoms with Crippen molar-refractivity contribution in [2.75, 3.05) is 13.1 Å². The van der Waals surface area contributed by atoms with Gasteiger partial charge in [-0.2, -0.15) is 0 Å². The monoisotopic (exact) mass is 277 g/mol. The Balaban J connectivity index is 2.08. The van der Waals surface area contributed by atoms with Crippen molar-refractivity contribution < 1.29 is 4.42 Å². The lowest BCUT2D eigenvalue weighted by Gasteiger charge is -2.17. The average Bonchev–Trinajstić information content (AvgIpc) is 2.91. The third-order valence-corrected chi connectivity index (χ3v) is 3.40.